The molecular formula is C14H21F2N3. The lowest BCUT2D eigenvalue weighted by molar-refractivity contribution is 0.125. The molecule has 2 rings (SSSR count). The van der Waals surface area contributed by atoms with Gasteiger partial charge in [-0.1, -0.05) is 0 Å². The fraction of sp³-hybridized carbons (Fsp3) is 0.571. The molecule has 5 heteroatoms. The van der Waals surface area contributed by atoms with Crippen molar-refractivity contribution in [2.24, 2.45) is 5.73 Å². The normalized spacial score (nSPS) is 17.8. The van der Waals surface area contributed by atoms with Crippen molar-refractivity contribution in [3.63, 3.8) is 0 Å². The topological polar surface area (TPSA) is 32.5 Å². The summed E-state index contributed by atoms with van der Waals surface area (Å²) in [6, 6.07) is 3.64. The SMILES string of the molecule is NCCCN1CCN(Cc2cc(F)ccc2F)CC1. The molecular weight excluding hydrogens is 248 g/mol. The standard InChI is InChI=1S/C14H21F2N3/c15-13-2-3-14(16)12(10-13)11-19-8-6-18(7-9-19)5-1-4-17/h2-3,10H,1,4-9,11,17H2. The Morgan fingerprint density at radius 1 is 1.05 bits per heavy atom. The minimum atomic E-state index is -0.377. The second-order valence-corrected chi connectivity index (χ2v) is 5.00. The molecule has 0 saturated carbocycles. The minimum absolute atomic E-state index is 0.327. The van der Waals surface area contributed by atoms with Crippen molar-refractivity contribution in [2.45, 2.75) is 13.0 Å². The zero-order chi connectivity index (χ0) is 13.7. The Hall–Kier alpha value is -1.04. The predicted molar refractivity (Wildman–Crippen MR) is 71.7 cm³/mol. The van der Waals surface area contributed by atoms with E-state index in [1.54, 1.807) is 0 Å². The first-order valence-corrected chi connectivity index (χ1v) is 6.78. The highest BCUT2D eigenvalue weighted by molar-refractivity contribution is 5.18. The predicted octanol–water partition coefficient (Wildman–Crippen LogP) is 1.43. The van der Waals surface area contributed by atoms with Gasteiger partial charge in [0.25, 0.3) is 0 Å². The fourth-order valence-electron chi connectivity index (χ4n) is 2.39. The summed E-state index contributed by atoms with van der Waals surface area (Å²) in [5.74, 6) is -0.704. The second-order valence-electron chi connectivity index (χ2n) is 5.00. The third-order valence-electron chi connectivity index (χ3n) is 3.55. The van der Waals surface area contributed by atoms with E-state index in [0.717, 1.165) is 45.2 Å². The van der Waals surface area contributed by atoms with E-state index in [4.69, 9.17) is 5.73 Å². The van der Waals surface area contributed by atoms with Crippen LogP contribution in [-0.2, 0) is 6.54 Å². The summed E-state index contributed by atoms with van der Waals surface area (Å²) in [6.07, 6.45) is 1.01. The van der Waals surface area contributed by atoms with Crippen molar-refractivity contribution in [3.05, 3.63) is 35.4 Å². The fourth-order valence-corrected chi connectivity index (χ4v) is 2.39. The molecule has 3 nitrogen and oxygen atoms in total. The van der Waals surface area contributed by atoms with Gasteiger partial charge < -0.3 is 10.6 Å². The quantitative estimate of drug-likeness (QED) is 0.877. The molecule has 0 aliphatic carbocycles. The van der Waals surface area contributed by atoms with Gasteiger partial charge >= 0.3 is 0 Å². The lowest BCUT2D eigenvalue weighted by atomic mass is 10.1. The summed E-state index contributed by atoms with van der Waals surface area (Å²) in [5, 5.41) is 0. The van der Waals surface area contributed by atoms with E-state index in [1.807, 2.05) is 0 Å². The van der Waals surface area contributed by atoms with Crippen LogP contribution in [0.1, 0.15) is 12.0 Å². The van der Waals surface area contributed by atoms with Crippen molar-refractivity contribution in [2.75, 3.05) is 39.3 Å². The molecule has 0 atom stereocenters. The summed E-state index contributed by atoms with van der Waals surface area (Å²) in [6.45, 7) is 5.94. The molecule has 1 aliphatic rings. The molecule has 0 spiro atoms. The van der Waals surface area contributed by atoms with E-state index in [9.17, 15) is 8.78 Å². The van der Waals surface area contributed by atoms with Crippen LogP contribution in [0.2, 0.25) is 0 Å². The lowest BCUT2D eigenvalue weighted by Gasteiger charge is -2.34. The number of nitrogens with zero attached hydrogens (tertiary/aromatic N) is 2. The van der Waals surface area contributed by atoms with Gasteiger partial charge in [-0.2, -0.15) is 0 Å². The molecule has 2 N–H and O–H groups in total. The van der Waals surface area contributed by atoms with E-state index < -0.39 is 0 Å². The van der Waals surface area contributed by atoms with Crippen LogP contribution in [0, 0.1) is 11.6 Å². The van der Waals surface area contributed by atoms with Gasteiger partial charge in [-0.05, 0) is 37.7 Å². The highest BCUT2D eigenvalue weighted by atomic mass is 19.1. The molecule has 0 amide bonds. The van der Waals surface area contributed by atoms with E-state index in [2.05, 4.69) is 9.80 Å². The molecule has 1 heterocycles. The highest BCUT2D eigenvalue weighted by Crippen LogP contribution is 2.14. The van der Waals surface area contributed by atoms with Gasteiger partial charge in [0.2, 0.25) is 0 Å². The maximum atomic E-state index is 13.6. The van der Waals surface area contributed by atoms with Crippen molar-refractivity contribution in [1.29, 1.82) is 0 Å². The first kappa shape index (κ1) is 14.4. The largest absolute Gasteiger partial charge is 0.330 e. The van der Waals surface area contributed by atoms with Crippen LogP contribution in [0.15, 0.2) is 18.2 Å². The number of hydrogen-bond donors (Lipinski definition) is 1. The van der Waals surface area contributed by atoms with Gasteiger partial charge in [-0.3, -0.25) is 4.90 Å². The maximum absolute atomic E-state index is 13.6. The molecule has 106 valence electrons. The van der Waals surface area contributed by atoms with Gasteiger partial charge in [-0.15, -0.1) is 0 Å². The summed E-state index contributed by atoms with van der Waals surface area (Å²) < 4.78 is 26.6. The molecule has 0 radical (unpaired) electrons. The average Bonchev–Trinajstić information content (AvgIpc) is 2.42. The summed E-state index contributed by atoms with van der Waals surface area (Å²) in [5.41, 5.74) is 5.93. The van der Waals surface area contributed by atoms with E-state index in [0.29, 0.717) is 18.7 Å². The zero-order valence-electron chi connectivity index (χ0n) is 11.1. The Morgan fingerprint density at radius 2 is 1.74 bits per heavy atom. The number of nitrogens with two attached hydrogens (primary N) is 1. The molecule has 1 aliphatic heterocycles. The molecule has 0 bridgehead atoms. The highest BCUT2D eigenvalue weighted by Gasteiger charge is 2.17. The van der Waals surface area contributed by atoms with Crippen LogP contribution in [0.4, 0.5) is 8.78 Å². The summed E-state index contributed by atoms with van der Waals surface area (Å²) >= 11 is 0. The Morgan fingerprint density at radius 3 is 2.42 bits per heavy atom. The van der Waals surface area contributed by atoms with Crippen LogP contribution in [0.25, 0.3) is 0 Å². The monoisotopic (exact) mass is 269 g/mol. The van der Waals surface area contributed by atoms with Crippen molar-refractivity contribution < 1.29 is 8.78 Å². The van der Waals surface area contributed by atoms with Crippen molar-refractivity contribution in [3.8, 4) is 0 Å². The van der Waals surface area contributed by atoms with E-state index in [1.165, 1.54) is 12.1 Å². The Balaban J connectivity index is 1.83. The molecule has 0 unspecified atom stereocenters. The summed E-state index contributed by atoms with van der Waals surface area (Å²) in [7, 11) is 0. The van der Waals surface area contributed by atoms with Gasteiger partial charge in [0, 0.05) is 38.3 Å². The van der Waals surface area contributed by atoms with Gasteiger partial charge in [-0.25, -0.2) is 8.78 Å². The minimum Gasteiger partial charge on any atom is -0.330 e. The molecule has 1 aromatic rings. The number of benzene rings is 1. The van der Waals surface area contributed by atoms with Crippen molar-refractivity contribution in [1.82, 2.24) is 9.80 Å². The smallest absolute Gasteiger partial charge is 0.127 e. The van der Waals surface area contributed by atoms with Gasteiger partial charge in [0.15, 0.2) is 0 Å². The van der Waals surface area contributed by atoms with Crippen LogP contribution < -0.4 is 5.73 Å². The third-order valence-corrected chi connectivity index (χ3v) is 3.55. The maximum Gasteiger partial charge on any atom is 0.127 e. The van der Waals surface area contributed by atoms with Crippen LogP contribution in [0.5, 0.6) is 0 Å². The second kappa shape index (κ2) is 6.93. The molecule has 1 fully saturated rings. The van der Waals surface area contributed by atoms with Crippen LogP contribution in [0.3, 0.4) is 0 Å². The van der Waals surface area contributed by atoms with Gasteiger partial charge in [0.1, 0.15) is 11.6 Å². The van der Waals surface area contributed by atoms with E-state index in [-0.39, 0.29) is 11.6 Å². The van der Waals surface area contributed by atoms with Crippen molar-refractivity contribution >= 4 is 0 Å². The molecule has 1 aromatic carbocycles. The average molecular weight is 269 g/mol. The first-order valence-electron chi connectivity index (χ1n) is 6.78. The van der Waals surface area contributed by atoms with Crippen LogP contribution >= 0.6 is 0 Å². The van der Waals surface area contributed by atoms with Crippen LogP contribution in [-0.4, -0.2) is 49.1 Å². The Kier molecular flexibility index (Phi) is 5.24. The number of hydrogen-bond acceptors (Lipinski definition) is 3. The number of rotatable bonds is 5. The lowest BCUT2D eigenvalue weighted by Crippen LogP contribution is -2.46. The summed E-state index contributed by atoms with van der Waals surface area (Å²) in [4.78, 5) is 4.53. The molecule has 1 saturated heterocycles. The Bertz CT molecular complexity index is 404. The molecule has 0 aromatic heterocycles. The van der Waals surface area contributed by atoms with E-state index >= 15 is 0 Å². The third kappa shape index (κ3) is 4.23. The number of piperazine rings is 1. The Labute approximate surface area is 113 Å². The number of halogens is 2. The zero-order valence-corrected chi connectivity index (χ0v) is 11.1. The first-order chi connectivity index (χ1) is 9.19. The molecule has 19 heavy (non-hydrogen) atoms. The van der Waals surface area contributed by atoms with Gasteiger partial charge in [0.05, 0.1) is 0 Å².